The Bertz CT molecular complexity index is 737. The molecule has 5 nitrogen and oxygen atoms in total. The molecule has 0 saturated carbocycles. The molecule has 0 amide bonds. The van der Waals surface area contributed by atoms with Gasteiger partial charge in [0.05, 0.1) is 5.52 Å². The van der Waals surface area contributed by atoms with Crippen molar-refractivity contribution in [2.75, 3.05) is 5.73 Å². The summed E-state index contributed by atoms with van der Waals surface area (Å²) in [4.78, 5) is 12.7. The van der Waals surface area contributed by atoms with Gasteiger partial charge >= 0.3 is 0 Å². The van der Waals surface area contributed by atoms with Crippen molar-refractivity contribution in [2.24, 2.45) is 0 Å². The maximum absolute atomic E-state index is 5.69. The molecule has 0 radical (unpaired) electrons. The molecule has 1 aromatic carbocycles. The van der Waals surface area contributed by atoms with Crippen molar-refractivity contribution in [3.8, 4) is 5.75 Å². The summed E-state index contributed by atoms with van der Waals surface area (Å²) in [6.45, 7) is 2.16. The molecule has 2 aromatic heterocycles. The maximum atomic E-state index is 5.69. The van der Waals surface area contributed by atoms with E-state index in [1.54, 1.807) is 12.3 Å². The molecule has 2 heterocycles. The standard InChI is InChI=1S/C15H14N4O/c1-10-7-14(16)19-15(18-10)9-20-12-5-4-11-3-2-6-17-13(11)8-12/h2-8H,9H2,1H3,(H2,16,18,19). The number of ether oxygens (including phenoxy) is 1. The third-order valence-corrected chi connectivity index (χ3v) is 2.87. The highest BCUT2D eigenvalue weighted by Gasteiger charge is 2.03. The van der Waals surface area contributed by atoms with Gasteiger partial charge in [-0.05, 0) is 25.1 Å². The molecule has 0 spiro atoms. The SMILES string of the molecule is Cc1cc(N)nc(COc2ccc3cccnc3c2)n1. The molecule has 0 aliphatic heterocycles. The minimum absolute atomic E-state index is 0.282. The van der Waals surface area contributed by atoms with Gasteiger partial charge in [0.25, 0.3) is 0 Å². The molecule has 0 saturated heterocycles. The third-order valence-electron chi connectivity index (χ3n) is 2.87. The zero-order chi connectivity index (χ0) is 13.9. The summed E-state index contributed by atoms with van der Waals surface area (Å²) in [6.07, 6.45) is 1.76. The maximum Gasteiger partial charge on any atom is 0.168 e. The Balaban J connectivity index is 1.79. The first-order valence-corrected chi connectivity index (χ1v) is 6.28. The Hall–Kier alpha value is -2.69. The largest absolute Gasteiger partial charge is 0.486 e. The number of hydrogen-bond acceptors (Lipinski definition) is 5. The lowest BCUT2D eigenvalue weighted by molar-refractivity contribution is 0.296. The van der Waals surface area contributed by atoms with Crippen LogP contribution in [0.3, 0.4) is 0 Å². The van der Waals surface area contributed by atoms with Crippen LogP contribution >= 0.6 is 0 Å². The van der Waals surface area contributed by atoms with Crippen molar-refractivity contribution in [1.82, 2.24) is 15.0 Å². The number of aromatic nitrogens is 3. The van der Waals surface area contributed by atoms with Crippen LogP contribution < -0.4 is 10.5 Å². The fourth-order valence-electron chi connectivity index (χ4n) is 2.00. The number of anilines is 1. The number of hydrogen-bond donors (Lipinski definition) is 1. The molecule has 0 atom stereocenters. The average Bonchev–Trinajstić information content (AvgIpc) is 2.44. The van der Waals surface area contributed by atoms with Crippen LogP contribution in [-0.2, 0) is 6.61 Å². The second-order valence-electron chi connectivity index (χ2n) is 4.50. The lowest BCUT2D eigenvalue weighted by Crippen LogP contribution is -2.05. The van der Waals surface area contributed by atoms with Crippen molar-refractivity contribution in [1.29, 1.82) is 0 Å². The van der Waals surface area contributed by atoms with Gasteiger partial charge in [0.1, 0.15) is 18.2 Å². The van der Waals surface area contributed by atoms with Crippen LogP contribution in [-0.4, -0.2) is 15.0 Å². The van der Waals surface area contributed by atoms with Crippen molar-refractivity contribution in [3.63, 3.8) is 0 Å². The summed E-state index contributed by atoms with van der Waals surface area (Å²) < 4.78 is 5.69. The van der Waals surface area contributed by atoms with E-state index in [4.69, 9.17) is 10.5 Å². The highest BCUT2D eigenvalue weighted by atomic mass is 16.5. The quantitative estimate of drug-likeness (QED) is 0.788. The van der Waals surface area contributed by atoms with Crippen LogP contribution in [0.15, 0.2) is 42.6 Å². The van der Waals surface area contributed by atoms with E-state index in [9.17, 15) is 0 Å². The molecule has 0 aliphatic rings. The number of nitrogens with two attached hydrogens (primary N) is 1. The Morgan fingerprint density at radius 2 is 2.05 bits per heavy atom. The zero-order valence-electron chi connectivity index (χ0n) is 11.1. The van der Waals surface area contributed by atoms with Crippen LogP contribution in [0, 0.1) is 6.92 Å². The first-order valence-electron chi connectivity index (χ1n) is 6.28. The normalized spacial score (nSPS) is 10.7. The van der Waals surface area contributed by atoms with Crippen LogP contribution in [0.5, 0.6) is 5.75 Å². The average molecular weight is 266 g/mol. The van der Waals surface area contributed by atoms with Crippen LogP contribution in [0.1, 0.15) is 11.5 Å². The smallest absolute Gasteiger partial charge is 0.168 e. The fraction of sp³-hybridized carbons (Fsp3) is 0.133. The van der Waals surface area contributed by atoms with Gasteiger partial charge in [-0.25, -0.2) is 9.97 Å². The Morgan fingerprint density at radius 3 is 2.90 bits per heavy atom. The molecule has 0 unspecified atom stereocenters. The molecule has 0 bridgehead atoms. The van der Waals surface area contributed by atoms with Crippen LogP contribution in [0.2, 0.25) is 0 Å². The first-order chi connectivity index (χ1) is 9.70. The van der Waals surface area contributed by atoms with Gasteiger partial charge in [-0.2, -0.15) is 0 Å². The van der Waals surface area contributed by atoms with Crippen molar-refractivity contribution in [3.05, 3.63) is 54.1 Å². The van der Waals surface area contributed by atoms with Gasteiger partial charge in [0.15, 0.2) is 5.82 Å². The van der Waals surface area contributed by atoms with Crippen LogP contribution in [0.4, 0.5) is 5.82 Å². The lowest BCUT2D eigenvalue weighted by Gasteiger charge is -2.07. The molecule has 2 N–H and O–H groups in total. The fourth-order valence-corrected chi connectivity index (χ4v) is 2.00. The summed E-state index contributed by atoms with van der Waals surface area (Å²) in [5, 5.41) is 1.08. The van der Waals surface area contributed by atoms with E-state index in [-0.39, 0.29) is 6.61 Å². The predicted octanol–water partition coefficient (Wildman–Crippen LogP) is 2.49. The van der Waals surface area contributed by atoms with Crippen molar-refractivity contribution < 1.29 is 4.74 Å². The van der Waals surface area contributed by atoms with Gasteiger partial charge in [-0.3, -0.25) is 4.98 Å². The summed E-state index contributed by atoms with van der Waals surface area (Å²) in [6, 6.07) is 11.4. The summed E-state index contributed by atoms with van der Waals surface area (Å²) in [5.74, 6) is 1.76. The van der Waals surface area contributed by atoms with Gasteiger partial charge in [0, 0.05) is 29.4 Å². The second-order valence-corrected chi connectivity index (χ2v) is 4.50. The molecule has 0 fully saturated rings. The van der Waals surface area contributed by atoms with E-state index in [0.717, 1.165) is 22.3 Å². The zero-order valence-corrected chi connectivity index (χ0v) is 11.1. The number of pyridine rings is 1. The highest BCUT2D eigenvalue weighted by molar-refractivity contribution is 5.79. The van der Waals surface area contributed by atoms with Gasteiger partial charge < -0.3 is 10.5 Å². The molecule has 5 heteroatoms. The Morgan fingerprint density at radius 1 is 1.15 bits per heavy atom. The summed E-state index contributed by atoms with van der Waals surface area (Å²) in [5.41, 5.74) is 7.41. The number of nitrogens with zero attached hydrogens (tertiary/aromatic N) is 3. The van der Waals surface area contributed by atoms with Crippen LogP contribution in [0.25, 0.3) is 10.9 Å². The molecule has 20 heavy (non-hydrogen) atoms. The lowest BCUT2D eigenvalue weighted by atomic mass is 10.2. The number of aryl methyl sites for hydroxylation is 1. The second kappa shape index (κ2) is 5.13. The first kappa shape index (κ1) is 12.3. The van der Waals surface area contributed by atoms with E-state index >= 15 is 0 Å². The number of fused-ring (bicyclic) bond motifs is 1. The predicted molar refractivity (Wildman–Crippen MR) is 77.3 cm³/mol. The van der Waals surface area contributed by atoms with Gasteiger partial charge in [0.2, 0.25) is 0 Å². The topological polar surface area (TPSA) is 73.9 Å². The van der Waals surface area contributed by atoms with E-state index in [0.29, 0.717) is 11.6 Å². The highest BCUT2D eigenvalue weighted by Crippen LogP contribution is 2.19. The van der Waals surface area contributed by atoms with Gasteiger partial charge in [-0.1, -0.05) is 6.07 Å². The van der Waals surface area contributed by atoms with E-state index < -0.39 is 0 Å². The summed E-state index contributed by atoms with van der Waals surface area (Å²) >= 11 is 0. The Labute approximate surface area is 116 Å². The molecule has 100 valence electrons. The van der Waals surface area contributed by atoms with Gasteiger partial charge in [-0.15, -0.1) is 0 Å². The molecular formula is C15H14N4O. The minimum Gasteiger partial charge on any atom is -0.486 e. The number of benzene rings is 1. The van der Waals surface area contributed by atoms with Crippen molar-refractivity contribution >= 4 is 16.7 Å². The monoisotopic (exact) mass is 266 g/mol. The molecule has 3 rings (SSSR count). The van der Waals surface area contributed by atoms with E-state index in [2.05, 4.69) is 15.0 Å². The molecule has 3 aromatic rings. The minimum atomic E-state index is 0.282. The molecular weight excluding hydrogens is 252 g/mol. The van der Waals surface area contributed by atoms with Crippen molar-refractivity contribution in [2.45, 2.75) is 13.5 Å². The molecule has 0 aliphatic carbocycles. The number of rotatable bonds is 3. The summed E-state index contributed by atoms with van der Waals surface area (Å²) in [7, 11) is 0. The van der Waals surface area contributed by atoms with E-state index in [1.807, 2.05) is 37.3 Å². The van der Waals surface area contributed by atoms with E-state index in [1.165, 1.54) is 0 Å². The third kappa shape index (κ3) is 2.66. The Kier molecular flexibility index (Phi) is 3.16. The number of nitrogen functional groups attached to an aromatic ring is 1.